The fourth-order valence-electron chi connectivity index (χ4n) is 7.69. The summed E-state index contributed by atoms with van der Waals surface area (Å²) in [4.78, 5) is 0. The minimum absolute atomic E-state index is 0.715. The van der Waals surface area contributed by atoms with Gasteiger partial charge in [-0.25, -0.2) is 0 Å². The molecule has 6 rings (SSSR count). The van der Waals surface area contributed by atoms with E-state index in [1.165, 1.54) is 122 Å². The molecule has 4 aromatic rings. The molecule has 4 aromatic carbocycles. The van der Waals surface area contributed by atoms with Crippen LogP contribution in [-0.2, 0) is 19.3 Å². The van der Waals surface area contributed by atoms with Crippen molar-refractivity contribution in [3.05, 3.63) is 143 Å². The second kappa shape index (κ2) is 20.0. The molecule has 0 nitrogen and oxygen atoms in total. The highest BCUT2D eigenvalue weighted by Crippen LogP contribution is 2.34. The first kappa shape index (κ1) is 37.2. The van der Waals surface area contributed by atoms with Crippen molar-refractivity contribution in [2.75, 3.05) is 0 Å². The molecule has 49 heavy (non-hydrogen) atoms. The third-order valence-electron chi connectivity index (χ3n) is 11.1. The molecule has 258 valence electrons. The van der Waals surface area contributed by atoms with E-state index in [1.54, 1.807) is 11.1 Å². The van der Waals surface area contributed by atoms with E-state index in [4.69, 9.17) is 23.2 Å². The van der Waals surface area contributed by atoms with Gasteiger partial charge < -0.3 is 0 Å². The van der Waals surface area contributed by atoms with Gasteiger partial charge in [0.25, 0.3) is 0 Å². The predicted octanol–water partition coefficient (Wildman–Crippen LogP) is 14.6. The van der Waals surface area contributed by atoms with Gasteiger partial charge in [0.1, 0.15) is 0 Å². The second-order valence-electron chi connectivity index (χ2n) is 14.6. The van der Waals surface area contributed by atoms with Gasteiger partial charge in [0.15, 0.2) is 0 Å². The zero-order valence-electron chi connectivity index (χ0n) is 29.8. The summed E-state index contributed by atoms with van der Waals surface area (Å²) in [7, 11) is 0. The van der Waals surface area contributed by atoms with Gasteiger partial charge in [-0.2, -0.15) is 0 Å². The molecule has 0 amide bonds. The average Bonchev–Trinajstić information content (AvgIpc) is 3.16. The molecule has 0 radical (unpaired) electrons. The lowest BCUT2D eigenvalue weighted by Gasteiger charge is -2.26. The van der Waals surface area contributed by atoms with E-state index in [1.807, 2.05) is 0 Å². The molecule has 0 aromatic heterocycles. The van der Waals surface area contributed by atoms with Crippen LogP contribution < -0.4 is 0 Å². The van der Waals surface area contributed by atoms with Crippen LogP contribution in [0.5, 0.6) is 0 Å². The highest BCUT2D eigenvalue weighted by atomic mass is 35.5. The molecule has 0 heterocycles. The van der Waals surface area contributed by atoms with Gasteiger partial charge in [-0.1, -0.05) is 145 Å². The minimum atomic E-state index is 0.715. The first-order chi connectivity index (χ1) is 24.0. The summed E-state index contributed by atoms with van der Waals surface area (Å²) < 4.78 is 0. The van der Waals surface area contributed by atoms with Gasteiger partial charge >= 0.3 is 0 Å². The maximum Gasteiger partial charge on any atom is 0.000525 e. The van der Waals surface area contributed by atoms with Crippen LogP contribution in [-0.4, -0.2) is 0 Å². The number of benzene rings is 4. The van der Waals surface area contributed by atoms with Crippen molar-refractivity contribution in [1.82, 2.24) is 0 Å². The van der Waals surface area contributed by atoms with Gasteiger partial charge in [0.2, 0.25) is 0 Å². The summed E-state index contributed by atoms with van der Waals surface area (Å²) in [6.07, 6.45) is 21.1. The number of allylic oxidation sites excluding steroid dienone is 2. The topological polar surface area (TPSA) is 0 Å². The third kappa shape index (κ3) is 12.0. The van der Waals surface area contributed by atoms with Crippen LogP contribution in [0, 0.1) is 30.6 Å². The lowest BCUT2D eigenvalue weighted by atomic mass is 9.79. The number of hydrogen-bond acceptors (Lipinski definition) is 0. The van der Waals surface area contributed by atoms with Gasteiger partial charge in [0.05, 0.1) is 0 Å². The minimum Gasteiger partial charge on any atom is -0.0933 e. The summed E-state index contributed by atoms with van der Waals surface area (Å²) >= 11 is 11.4. The Kier molecular flexibility index (Phi) is 15.2. The molecular formula is C47H56Cl2. The molecule has 0 bridgehead atoms. The molecule has 0 N–H and O–H groups in total. The Bertz CT molecular complexity index is 1550. The van der Waals surface area contributed by atoms with Crippen LogP contribution in [0.3, 0.4) is 0 Å². The zero-order valence-corrected chi connectivity index (χ0v) is 31.3. The molecular weight excluding hydrogens is 635 g/mol. The molecule has 0 saturated heterocycles. The monoisotopic (exact) mass is 690 g/mol. The van der Waals surface area contributed by atoms with E-state index in [9.17, 15) is 0 Å². The molecule has 0 unspecified atom stereocenters. The van der Waals surface area contributed by atoms with Gasteiger partial charge in [-0.05, 0) is 153 Å². The Morgan fingerprint density at radius 3 is 1.12 bits per heavy atom. The first-order valence-corrected chi connectivity index (χ1v) is 19.8. The zero-order chi connectivity index (χ0) is 34.3. The van der Waals surface area contributed by atoms with Crippen molar-refractivity contribution in [2.45, 2.75) is 97.3 Å². The van der Waals surface area contributed by atoms with E-state index in [-0.39, 0.29) is 0 Å². The van der Waals surface area contributed by atoms with Crippen LogP contribution in [0.1, 0.15) is 93.4 Å². The van der Waals surface area contributed by atoms with Crippen molar-refractivity contribution in [3.8, 4) is 22.3 Å². The highest BCUT2D eigenvalue weighted by molar-refractivity contribution is 6.25. The van der Waals surface area contributed by atoms with E-state index < -0.39 is 0 Å². The molecule has 2 aliphatic carbocycles. The molecule has 2 fully saturated rings. The number of hydrogen-bond donors (Lipinski definition) is 0. The predicted molar refractivity (Wildman–Crippen MR) is 215 cm³/mol. The fraction of sp³-hybridized carbons (Fsp3) is 0.404. The Labute approximate surface area is 307 Å². The smallest absolute Gasteiger partial charge is 0.000525 e. The summed E-state index contributed by atoms with van der Waals surface area (Å²) in [5, 5.41) is 0. The Morgan fingerprint density at radius 2 is 0.796 bits per heavy atom. The lowest BCUT2D eigenvalue weighted by molar-refractivity contribution is 0.296. The van der Waals surface area contributed by atoms with Crippen LogP contribution in [0.25, 0.3) is 22.3 Å². The Morgan fingerprint density at radius 1 is 0.469 bits per heavy atom. The van der Waals surface area contributed by atoms with Gasteiger partial charge in [-0.3, -0.25) is 0 Å². The maximum absolute atomic E-state index is 5.70. The van der Waals surface area contributed by atoms with Crippen molar-refractivity contribution in [1.29, 1.82) is 0 Å². The molecule has 0 spiro atoms. The molecule has 2 aliphatic rings. The van der Waals surface area contributed by atoms with E-state index in [2.05, 4.69) is 123 Å². The normalized spacial score (nSPS) is 21.1. The summed E-state index contributed by atoms with van der Waals surface area (Å²) in [5.41, 5.74) is 14.3. The van der Waals surface area contributed by atoms with Crippen LogP contribution in [0.2, 0.25) is 0 Å². The van der Waals surface area contributed by atoms with E-state index in [0.717, 1.165) is 18.3 Å². The Balaban J connectivity index is 0.000000191. The standard InChI is InChI=1S/C24H29Cl.C23H27Cl/c1-2-19-9-13-23(14-10-19)24-15-11-21(12-16-24)4-3-20-5-7-22(8-6-20)17-18-25;1-18-2-12-22(13-3-18)23-14-10-20(11-15-23)5-4-19-6-8-21(9-7-19)16-17-24/h9-18,20,22H,2-8H2,1H3;2-3,10-17,19,21H,4-9H2,1H3/b18-17+;17-16+. The molecule has 2 saturated carbocycles. The summed E-state index contributed by atoms with van der Waals surface area (Å²) in [6, 6.07) is 36.0. The van der Waals surface area contributed by atoms with Crippen LogP contribution in [0.4, 0.5) is 0 Å². The number of aryl methyl sites for hydroxylation is 4. The number of halogens is 2. The van der Waals surface area contributed by atoms with Crippen molar-refractivity contribution in [2.24, 2.45) is 23.7 Å². The summed E-state index contributed by atoms with van der Waals surface area (Å²) in [5.74, 6) is 3.21. The van der Waals surface area contributed by atoms with Crippen LogP contribution in [0.15, 0.2) is 120 Å². The summed E-state index contributed by atoms with van der Waals surface area (Å²) in [6.45, 7) is 4.33. The van der Waals surface area contributed by atoms with Crippen molar-refractivity contribution in [3.63, 3.8) is 0 Å². The molecule has 0 aliphatic heterocycles. The van der Waals surface area contributed by atoms with Gasteiger partial charge in [-0.15, -0.1) is 0 Å². The first-order valence-electron chi connectivity index (χ1n) is 18.9. The lowest BCUT2D eigenvalue weighted by Crippen LogP contribution is -2.13. The van der Waals surface area contributed by atoms with Crippen molar-refractivity contribution >= 4 is 23.2 Å². The quantitative estimate of drug-likeness (QED) is 0.147. The van der Waals surface area contributed by atoms with E-state index >= 15 is 0 Å². The fourth-order valence-corrected chi connectivity index (χ4v) is 8.10. The number of rotatable bonds is 11. The van der Waals surface area contributed by atoms with E-state index in [0.29, 0.717) is 11.8 Å². The van der Waals surface area contributed by atoms with Gasteiger partial charge in [0, 0.05) is 11.1 Å². The van der Waals surface area contributed by atoms with Crippen molar-refractivity contribution < 1.29 is 0 Å². The highest BCUT2D eigenvalue weighted by Gasteiger charge is 2.20. The average molecular weight is 692 g/mol. The maximum atomic E-state index is 5.70. The van der Waals surface area contributed by atoms with Crippen LogP contribution >= 0.6 is 23.2 Å². The SMILES string of the molecule is CCc1ccc(-c2ccc(CCC3CCC(/C=C/Cl)CC3)cc2)cc1.Cc1ccc(-c2ccc(CCC3CCC(/C=C/Cl)CC3)cc2)cc1. The Hall–Kier alpha value is -3.06. The molecule has 0 atom stereocenters. The second-order valence-corrected chi connectivity index (χ2v) is 15.1. The third-order valence-corrected chi connectivity index (χ3v) is 11.4. The molecule has 2 heteroatoms. The largest absolute Gasteiger partial charge is 0.0933 e.